The predicted octanol–water partition coefficient (Wildman–Crippen LogP) is 1.77. The summed E-state index contributed by atoms with van der Waals surface area (Å²) in [4.78, 5) is 14.7. The highest BCUT2D eigenvalue weighted by atomic mass is 16.5. The van der Waals surface area contributed by atoms with Crippen molar-refractivity contribution in [3.05, 3.63) is 23.8 Å². The smallest absolute Gasteiger partial charge is 0.241 e. The maximum absolute atomic E-state index is 12.5. The summed E-state index contributed by atoms with van der Waals surface area (Å²) in [6, 6.07) is 5.42. The number of likely N-dealkylation sites (tertiary alicyclic amines) is 1. The zero-order chi connectivity index (χ0) is 15.0. The Morgan fingerprint density at radius 1 is 1.38 bits per heavy atom. The monoisotopic (exact) mass is 289 g/mol. The maximum atomic E-state index is 12.5. The van der Waals surface area contributed by atoms with Crippen molar-refractivity contribution in [3.8, 4) is 0 Å². The zero-order valence-corrected chi connectivity index (χ0v) is 12.6. The summed E-state index contributed by atoms with van der Waals surface area (Å²) >= 11 is 0. The van der Waals surface area contributed by atoms with E-state index in [9.17, 15) is 4.79 Å². The van der Waals surface area contributed by atoms with Crippen molar-refractivity contribution in [2.24, 2.45) is 0 Å². The Hall–Kier alpha value is -1.59. The van der Waals surface area contributed by atoms with Crippen LogP contribution in [0.5, 0.6) is 0 Å². The highest BCUT2D eigenvalue weighted by Crippen LogP contribution is 2.27. The number of carbonyl (C=O) groups excluding carboxylic acids is 1. The number of amides is 1. The highest BCUT2D eigenvalue weighted by Gasteiger charge is 2.37. The van der Waals surface area contributed by atoms with Crippen molar-refractivity contribution >= 4 is 17.3 Å². The molecular formula is C16H23N3O2. The average molecular weight is 289 g/mol. The van der Waals surface area contributed by atoms with Gasteiger partial charge >= 0.3 is 0 Å². The molecule has 0 spiro atoms. The number of anilines is 2. The van der Waals surface area contributed by atoms with Crippen molar-refractivity contribution < 1.29 is 9.53 Å². The fourth-order valence-electron chi connectivity index (χ4n) is 3.14. The van der Waals surface area contributed by atoms with Gasteiger partial charge < -0.3 is 15.8 Å². The number of hydrogen-bond donors (Lipinski definition) is 2. The molecule has 0 saturated carbocycles. The van der Waals surface area contributed by atoms with E-state index in [1.54, 1.807) is 0 Å². The number of fused-ring (bicyclic) bond motifs is 2. The SMILES string of the molecule is Cc1ccc(N)cc1NC(=O)C(C)N1CC2CCC(C1)O2. The van der Waals surface area contributed by atoms with Gasteiger partial charge in [-0.15, -0.1) is 0 Å². The molecule has 2 saturated heterocycles. The van der Waals surface area contributed by atoms with Crippen LogP contribution in [-0.2, 0) is 9.53 Å². The van der Waals surface area contributed by atoms with Gasteiger partial charge in [-0.3, -0.25) is 9.69 Å². The van der Waals surface area contributed by atoms with E-state index in [4.69, 9.17) is 10.5 Å². The molecule has 0 aromatic heterocycles. The largest absolute Gasteiger partial charge is 0.399 e. The summed E-state index contributed by atoms with van der Waals surface area (Å²) in [5.41, 5.74) is 8.26. The number of ether oxygens (including phenoxy) is 1. The molecule has 3 atom stereocenters. The van der Waals surface area contributed by atoms with Crippen molar-refractivity contribution in [3.63, 3.8) is 0 Å². The van der Waals surface area contributed by atoms with Crippen molar-refractivity contribution in [2.45, 2.75) is 44.9 Å². The maximum Gasteiger partial charge on any atom is 0.241 e. The Labute approximate surface area is 125 Å². The molecule has 0 aliphatic carbocycles. The predicted molar refractivity (Wildman–Crippen MR) is 83.2 cm³/mol. The number of aryl methyl sites for hydroxylation is 1. The van der Waals surface area contributed by atoms with Crippen LogP contribution in [0.1, 0.15) is 25.3 Å². The minimum atomic E-state index is -0.155. The van der Waals surface area contributed by atoms with Gasteiger partial charge in [0.1, 0.15) is 0 Å². The summed E-state index contributed by atoms with van der Waals surface area (Å²) in [6.45, 7) is 5.62. The molecule has 2 fully saturated rings. The first-order valence-electron chi connectivity index (χ1n) is 7.59. The lowest BCUT2D eigenvalue weighted by Crippen LogP contribution is -2.51. The van der Waals surface area contributed by atoms with Crippen molar-refractivity contribution in [2.75, 3.05) is 24.1 Å². The lowest BCUT2D eigenvalue weighted by molar-refractivity contribution is -0.124. The topological polar surface area (TPSA) is 67.6 Å². The van der Waals surface area contributed by atoms with E-state index in [1.807, 2.05) is 32.0 Å². The third-order valence-electron chi connectivity index (χ3n) is 4.52. The van der Waals surface area contributed by atoms with E-state index < -0.39 is 0 Å². The van der Waals surface area contributed by atoms with Crippen LogP contribution in [0.15, 0.2) is 18.2 Å². The first-order valence-corrected chi connectivity index (χ1v) is 7.59. The molecule has 5 nitrogen and oxygen atoms in total. The van der Waals surface area contributed by atoms with Gasteiger partial charge in [-0.25, -0.2) is 0 Å². The molecule has 5 heteroatoms. The Morgan fingerprint density at radius 3 is 2.71 bits per heavy atom. The van der Waals surface area contributed by atoms with Gasteiger partial charge in [-0.1, -0.05) is 6.07 Å². The average Bonchev–Trinajstić information content (AvgIpc) is 2.80. The lowest BCUT2D eigenvalue weighted by Gasteiger charge is -2.35. The first-order chi connectivity index (χ1) is 10.0. The van der Waals surface area contributed by atoms with E-state index in [1.165, 1.54) is 0 Å². The van der Waals surface area contributed by atoms with Crippen LogP contribution in [-0.4, -0.2) is 42.1 Å². The zero-order valence-electron chi connectivity index (χ0n) is 12.6. The Morgan fingerprint density at radius 2 is 2.05 bits per heavy atom. The Kier molecular flexibility index (Phi) is 3.87. The molecule has 0 radical (unpaired) electrons. The van der Waals surface area contributed by atoms with Gasteiger partial charge in [0.2, 0.25) is 5.91 Å². The van der Waals surface area contributed by atoms with Crippen molar-refractivity contribution in [1.29, 1.82) is 0 Å². The second-order valence-electron chi connectivity index (χ2n) is 6.15. The molecule has 2 bridgehead atoms. The lowest BCUT2D eigenvalue weighted by atomic mass is 10.1. The number of benzene rings is 1. The number of nitrogens with one attached hydrogen (secondary N) is 1. The third-order valence-corrected chi connectivity index (χ3v) is 4.52. The highest BCUT2D eigenvalue weighted by molar-refractivity contribution is 5.95. The summed E-state index contributed by atoms with van der Waals surface area (Å²) in [5, 5.41) is 3.00. The van der Waals surface area contributed by atoms with Gasteiger partial charge in [0, 0.05) is 24.5 Å². The molecule has 2 heterocycles. The number of nitrogens with zero attached hydrogens (tertiary/aromatic N) is 1. The summed E-state index contributed by atoms with van der Waals surface area (Å²) in [6.07, 6.45) is 2.83. The number of morpholine rings is 1. The molecule has 114 valence electrons. The van der Waals surface area contributed by atoms with Crippen LogP contribution < -0.4 is 11.1 Å². The molecule has 21 heavy (non-hydrogen) atoms. The molecule has 2 aliphatic rings. The van der Waals surface area contributed by atoms with E-state index in [0.29, 0.717) is 17.9 Å². The quantitative estimate of drug-likeness (QED) is 0.832. The standard InChI is InChI=1S/C16H23N3O2/c1-10-3-4-12(17)7-15(10)18-16(20)11(2)19-8-13-5-6-14(9-19)21-13/h3-4,7,11,13-14H,5-6,8-9,17H2,1-2H3,(H,18,20). The Bertz CT molecular complexity index is 534. The van der Waals surface area contributed by atoms with Gasteiger partial charge in [0.25, 0.3) is 0 Å². The number of hydrogen-bond acceptors (Lipinski definition) is 4. The first kappa shape index (κ1) is 14.4. The summed E-state index contributed by atoms with van der Waals surface area (Å²) in [7, 11) is 0. The van der Waals surface area contributed by atoms with Crippen LogP contribution in [0, 0.1) is 6.92 Å². The normalized spacial score (nSPS) is 26.6. The van der Waals surface area contributed by atoms with Crippen LogP contribution in [0.3, 0.4) is 0 Å². The molecule has 3 N–H and O–H groups in total. The van der Waals surface area contributed by atoms with E-state index in [-0.39, 0.29) is 11.9 Å². The van der Waals surface area contributed by atoms with E-state index in [0.717, 1.165) is 37.2 Å². The minimum Gasteiger partial charge on any atom is -0.399 e. The minimum absolute atomic E-state index is 0.0185. The van der Waals surface area contributed by atoms with Crippen LogP contribution in [0.25, 0.3) is 0 Å². The summed E-state index contributed by atoms with van der Waals surface area (Å²) in [5.74, 6) is 0.0185. The van der Waals surface area contributed by atoms with Crippen LogP contribution in [0.4, 0.5) is 11.4 Å². The fraction of sp³-hybridized carbons (Fsp3) is 0.562. The van der Waals surface area contributed by atoms with Gasteiger partial charge in [-0.05, 0) is 44.4 Å². The van der Waals surface area contributed by atoms with Crippen LogP contribution >= 0.6 is 0 Å². The second-order valence-corrected chi connectivity index (χ2v) is 6.15. The number of nitrogens with two attached hydrogens (primary N) is 1. The molecule has 1 aromatic rings. The van der Waals surface area contributed by atoms with Gasteiger partial charge in [-0.2, -0.15) is 0 Å². The molecule has 1 aromatic carbocycles. The second kappa shape index (κ2) is 5.66. The van der Waals surface area contributed by atoms with Gasteiger partial charge in [0.15, 0.2) is 0 Å². The molecule has 1 amide bonds. The molecule has 3 rings (SSSR count). The summed E-state index contributed by atoms with van der Waals surface area (Å²) < 4.78 is 5.82. The van der Waals surface area contributed by atoms with E-state index in [2.05, 4.69) is 10.2 Å². The fourth-order valence-corrected chi connectivity index (χ4v) is 3.14. The van der Waals surface area contributed by atoms with Crippen molar-refractivity contribution in [1.82, 2.24) is 4.90 Å². The molecular weight excluding hydrogens is 266 g/mol. The van der Waals surface area contributed by atoms with Gasteiger partial charge in [0.05, 0.1) is 18.2 Å². The molecule has 2 aliphatic heterocycles. The number of nitrogen functional groups attached to an aromatic ring is 1. The number of carbonyl (C=O) groups is 1. The Balaban J connectivity index is 1.66. The van der Waals surface area contributed by atoms with Crippen LogP contribution in [0.2, 0.25) is 0 Å². The molecule has 3 unspecified atom stereocenters. The van der Waals surface area contributed by atoms with E-state index >= 15 is 0 Å². The third kappa shape index (κ3) is 3.04. The number of rotatable bonds is 3.